The molecule has 0 radical (unpaired) electrons. The van der Waals surface area contributed by atoms with Gasteiger partial charge in [0.25, 0.3) is 0 Å². The Balaban J connectivity index is 2.55. The Hall–Kier alpha value is -2.20. The lowest BCUT2D eigenvalue weighted by Crippen LogP contribution is -2.08. The maximum Gasteiger partial charge on any atom is 0.310 e. The number of halogens is 1. The first-order valence-corrected chi connectivity index (χ1v) is 11.4. The van der Waals surface area contributed by atoms with Gasteiger partial charge in [-0.2, -0.15) is 0 Å². The molecule has 0 amide bonds. The lowest BCUT2D eigenvalue weighted by atomic mass is 9.89. The fourth-order valence-electron chi connectivity index (χ4n) is 3.17. The van der Waals surface area contributed by atoms with Crippen LogP contribution in [0.3, 0.4) is 0 Å². The third-order valence-corrected chi connectivity index (χ3v) is 5.64. The van der Waals surface area contributed by atoms with Crippen LogP contribution < -0.4 is 0 Å². The van der Waals surface area contributed by atoms with Crippen molar-refractivity contribution in [1.29, 1.82) is 0 Å². The Morgan fingerprint density at radius 3 is 2.17 bits per heavy atom. The molecule has 0 aliphatic carbocycles. The van der Waals surface area contributed by atoms with Crippen molar-refractivity contribution in [2.45, 2.75) is 47.0 Å². The molecule has 1 unspecified atom stereocenters. The summed E-state index contributed by atoms with van der Waals surface area (Å²) < 4.78 is 6.30. The van der Waals surface area contributed by atoms with E-state index in [1.165, 1.54) is 0 Å². The first kappa shape index (κ1) is 24.1. The van der Waals surface area contributed by atoms with E-state index in [4.69, 9.17) is 9.73 Å². The van der Waals surface area contributed by atoms with E-state index in [0.29, 0.717) is 18.9 Å². The maximum absolute atomic E-state index is 12.5. The number of rotatable bonds is 10. The van der Waals surface area contributed by atoms with Crippen LogP contribution in [-0.2, 0) is 9.53 Å². The van der Waals surface area contributed by atoms with E-state index in [0.717, 1.165) is 45.4 Å². The maximum atomic E-state index is 12.5. The smallest absolute Gasteiger partial charge is 0.310 e. The average Bonchev–Trinajstić information content (AvgIpc) is 2.76. The number of esters is 1. The SMILES string of the molecule is CCOC(=O)C/C(=C(/CC(C)=NCC(C)CC)c1ccccc1)c1ccc(Br)cc1. The molecule has 0 fully saturated rings. The van der Waals surface area contributed by atoms with E-state index in [1.54, 1.807) is 0 Å². The first-order valence-electron chi connectivity index (χ1n) is 10.6. The number of carbonyl (C=O) groups is 1. The summed E-state index contributed by atoms with van der Waals surface area (Å²) >= 11 is 3.51. The fourth-order valence-corrected chi connectivity index (χ4v) is 3.43. The highest BCUT2D eigenvalue weighted by atomic mass is 79.9. The van der Waals surface area contributed by atoms with Gasteiger partial charge in [-0.05, 0) is 54.2 Å². The summed E-state index contributed by atoms with van der Waals surface area (Å²) in [5.41, 5.74) is 5.33. The molecule has 0 saturated heterocycles. The zero-order valence-electron chi connectivity index (χ0n) is 18.5. The van der Waals surface area contributed by atoms with Crippen molar-refractivity contribution in [3.05, 3.63) is 70.2 Å². The molecule has 1 atom stereocenters. The van der Waals surface area contributed by atoms with Gasteiger partial charge in [-0.15, -0.1) is 0 Å². The number of hydrogen-bond donors (Lipinski definition) is 0. The number of aliphatic imine (C=N–C) groups is 1. The van der Waals surface area contributed by atoms with Crippen molar-refractivity contribution in [2.75, 3.05) is 13.2 Å². The van der Waals surface area contributed by atoms with E-state index in [-0.39, 0.29) is 12.4 Å². The standard InChI is InChI=1S/C26H32BrNO2/c1-5-19(3)18-28-20(4)16-24(21-10-8-7-9-11-21)25(17-26(29)30-6-2)22-12-14-23(27)15-13-22/h7-15,19H,5-6,16-18H2,1-4H3/b25-24+,28-20?. The van der Waals surface area contributed by atoms with E-state index in [9.17, 15) is 4.79 Å². The van der Waals surface area contributed by atoms with Crippen molar-refractivity contribution >= 4 is 38.8 Å². The summed E-state index contributed by atoms with van der Waals surface area (Å²) in [6.45, 7) is 9.53. The van der Waals surface area contributed by atoms with Crippen LogP contribution in [0.2, 0.25) is 0 Å². The van der Waals surface area contributed by atoms with Gasteiger partial charge in [-0.1, -0.05) is 78.7 Å². The highest BCUT2D eigenvalue weighted by Crippen LogP contribution is 2.33. The molecule has 0 N–H and O–H groups in total. The zero-order valence-corrected chi connectivity index (χ0v) is 20.0. The molecule has 160 valence electrons. The van der Waals surface area contributed by atoms with Gasteiger partial charge < -0.3 is 4.74 Å². The molecule has 0 heterocycles. The normalized spacial score (nSPS) is 13.6. The van der Waals surface area contributed by atoms with E-state index >= 15 is 0 Å². The molecule has 4 heteroatoms. The van der Waals surface area contributed by atoms with Crippen LogP contribution in [0, 0.1) is 5.92 Å². The number of hydrogen-bond acceptors (Lipinski definition) is 3. The molecule has 3 nitrogen and oxygen atoms in total. The lowest BCUT2D eigenvalue weighted by molar-refractivity contribution is -0.141. The van der Waals surface area contributed by atoms with Crippen molar-refractivity contribution in [3.63, 3.8) is 0 Å². The van der Waals surface area contributed by atoms with Gasteiger partial charge >= 0.3 is 5.97 Å². The molecule has 2 aromatic rings. The van der Waals surface area contributed by atoms with Crippen LogP contribution in [0.4, 0.5) is 0 Å². The molecule has 2 rings (SSSR count). The number of nitrogens with zero attached hydrogens (tertiary/aromatic N) is 1. The Bertz CT molecular complexity index is 870. The van der Waals surface area contributed by atoms with Crippen molar-refractivity contribution in [2.24, 2.45) is 10.9 Å². The summed E-state index contributed by atoms with van der Waals surface area (Å²) in [5, 5.41) is 0. The minimum atomic E-state index is -0.210. The molecule has 0 saturated carbocycles. The zero-order chi connectivity index (χ0) is 21.9. The van der Waals surface area contributed by atoms with Crippen LogP contribution in [0.5, 0.6) is 0 Å². The van der Waals surface area contributed by atoms with E-state index in [1.807, 2.05) is 49.4 Å². The molecule has 0 aliphatic rings. The van der Waals surface area contributed by atoms with Gasteiger partial charge in [-0.3, -0.25) is 9.79 Å². The third-order valence-electron chi connectivity index (χ3n) is 5.11. The van der Waals surface area contributed by atoms with Crippen molar-refractivity contribution in [3.8, 4) is 0 Å². The number of carbonyl (C=O) groups excluding carboxylic acids is 1. The van der Waals surface area contributed by atoms with Crippen LogP contribution in [0.15, 0.2) is 64.1 Å². The molecule has 0 aromatic heterocycles. The minimum Gasteiger partial charge on any atom is -0.466 e. The van der Waals surface area contributed by atoms with Crippen molar-refractivity contribution < 1.29 is 9.53 Å². The monoisotopic (exact) mass is 469 g/mol. The lowest BCUT2D eigenvalue weighted by Gasteiger charge is -2.17. The van der Waals surface area contributed by atoms with Gasteiger partial charge in [0.2, 0.25) is 0 Å². The van der Waals surface area contributed by atoms with Gasteiger partial charge in [0.1, 0.15) is 0 Å². The largest absolute Gasteiger partial charge is 0.466 e. The molecule has 0 spiro atoms. The van der Waals surface area contributed by atoms with Crippen LogP contribution >= 0.6 is 15.9 Å². The fraction of sp³-hybridized carbons (Fsp3) is 0.385. The summed E-state index contributed by atoms with van der Waals surface area (Å²) in [7, 11) is 0. The van der Waals surface area contributed by atoms with Gasteiger partial charge in [0.15, 0.2) is 0 Å². The Labute approximate surface area is 189 Å². The molecule has 30 heavy (non-hydrogen) atoms. The van der Waals surface area contributed by atoms with E-state index in [2.05, 4.69) is 48.8 Å². The number of allylic oxidation sites excluding steroid dienone is 1. The Morgan fingerprint density at radius 1 is 0.967 bits per heavy atom. The predicted octanol–water partition coefficient (Wildman–Crippen LogP) is 7.21. The number of benzene rings is 2. The molecule has 0 bridgehead atoms. The molecule has 0 aliphatic heterocycles. The second-order valence-electron chi connectivity index (χ2n) is 7.58. The van der Waals surface area contributed by atoms with Gasteiger partial charge in [-0.25, -0.2) is 0 Å². The molecular weight excluding hydrogens is 438 g/mol. The second-order valence-corrected chi connectivity index (χ2v) is 8.49. The summed E-state index contributed by atoms with van der Waals surface area (Å²) in [4.78, 5) is 17.3. The van der Waals surface area contributed by atoms with Crippen LogP contribution in [-0.4, -0.2) is 24.8 Å². The summed E-state index contributed by atoms with van der Waals surface area (Å²) in [5.74, 6) is 0.354. The molecular formula is C26H32BrNO2. The predicted molar refractivity (Wildman–Crippen MR) is 131 cm³/mol. The summed E-state index contributed by atoms with van der Waals surface area (Å²) in [6, 6.07) is 18.4. The van der Waals surface area contributed by atoms with E-state index < -0.39 is 0 Å². The quantitative estimate of drug-likeness (QED) is 0.209. The topological polar surface area (TPSA) is 38.7 Å². The molecule has 2 aromatic carbocycles. The van der Waals surface area contributed by atoms with Crippen molar-refractivity contribution in [1.82, 2.24) is 0 Å². The average molecular weight is 470 g/mol. The highest BCUT2D eigenvalue weighted by Gasteiger charge is 2.17. The Kier molecular flexibility index (Phi) is 10.0. The van der Waals surface area contributed by atoms with Gasteiger partial charge in [0.05, 0.1) is 13.0 Å². The third kappa shape index (κ3) is 7.56. The van der Waals surface area contributed by atoms with Crippen LogP contribution in [0.25, 0.3) is 11.1 Å². The Morgan fingerprint density at radius 2 is 1.57 bits per heavy atom. The first-order chi connectivity index (χ1) is 14.4. The highest BCUT2D eigenvalue weighted by molar-refractivity contribution is 9.10. The summed E-state index contributed by atoms with van der Waals surface area (Å²) in [6.07, 6.45) is 2.05. The second kappa shape index (κ2) is 12.5. The van der Waals surface area contributed by atoms with Crippen LogP contribution in [0.1, 0.15) is 58.1 Å². The van der Waals surface area contributed by atoms with Gasteiger partial charge in [0, 0.05) is 23.1 Å². The number of ether oxygens (including phenoxy) is 1. The minimum absolute atomic E-state index is 0.210.